The fourth-order valence-electron chi connectivity index (χ4n) is 22.5. The summed E-state index contributed by atoms with van der Waals surface area (Å²) in [6, 6.07) is 9.47. The number of ketones is 3. The molecule has 3 aromatic rings. The van der Waals surface area contributed by atoms with Gasteiger partial charge in [0.2, 0.25) is 12.6 Å². The van der Waals surface area contributed by atoms with Crippen LogP contribution in [0.1, 0.15) is 213 Å². The fourth-order valence-corrected chi connectivity index (χ4v) is 22.5. The number of aldehydes is 1. The minimum absolute atomic E-state index is 0.00726. The number of ether oxygens (including phenoxy) is 7. The molecule has 8 aliphatic carbocycles. The minimum atomic E-state index is -1.80. The number of hydrogen-bond donors (Lipinski definition) is 13. The van der Waals surface area contributed by atoms with E-state index in [0.717, 1.165) is 49.2 Å². The van der Waals surface area contributed by atoms with Crippen LogP contribution in [0.5, 0.6) is 17.2 Å². The Morgan fingerprint density at radius 3 is 2.10 bits per heavy atom. The number of carbonyl (C=O) groups is 8. The van der Waals surface area contributed by atoms with Crippen molar-refractivity contribution in [1.29, 1.82) is 0 Å². The van der Waals surface area contributed by atoms with Crippen LogP contribution in [-0.2, 0) is 66.7 Å². The van der Waals surface area contributed by atoms with Gasteiger partial charge in [-0.1, -0.05) is 91.5 Å². The van der Waals surface area contributed by atoms with Crippen molar-refractivity contribution in [3.8, 4) is 28.4 Å². The van der Waals surface area contributed by atoms with Crippen LogP contribution in [0.25, 0.3) is 11.1 Å². The fraction of sp³-hybridized carbons (Fsp3) is 0.625. The zero-order valence-corrected chi connectivity index (χ0v) is 73.2. The molecule has 2 aromatic carbocycles. The van der Waals surface area contributed by atoms with Gasteiger partial charge in [-0.05, 0) is 187 Å². The third-order valence-corrected chi connectivity index (χ3v) is 31.2. The summed E-state index contributed by atoms with van der Waals surface area (Å²) in [6.45, 7) is 30.0. The highest BCUT2D eigenvalue weighted by atomic mass is 16.8. The minimum Gasteiger partial charge on any atom is -0.508 e. The first-order valence-corrected chi connectivity index (χ1v) is 43.8. The maximum absolute atomic E-state index is 13.5. The van der Waals surface area contributed by atoms with Crippen LogP contribution in [0, 0.1) is 79.8 Å². The van der Waals surface area contributed by atoms with Crippen molar-refractivity contribution >= 4 is 47.5 Å². The first-order valence-electron chi connectivity index (χ1n) is 43.8. The average molecular weight is 1750 g/mol. The Hall–Kier alpha value is -8.56. The lowest BCUT2D eigenvalue weighted by Gasteiger charge is -2.64. The number of aliphatic hydroxyl groups excluding tert-OH is 9. The second kappa shape index (κ2) is 38.8. The Morgan fingerprint density at radius 1 is 0.768 bits per heavy atom. The highest BCUT2D eigenvalue weighted by Crippen LogP contribution is 2.67. The molecule has 0 spiro atoms. The molecule has 5 heterocycles. The number of Topliss-reactive ketones (excluding diaryl/α,β-unsaturated/α-hetero) is 3. The van der Waals surface area contributed by atoms with Crippen molar-refractivity contribution < 1.29 is 142 Å². The van der Waals surface area contributed by atoms with E-state index in [0.29, 0.717) is 112 Å². The molecule has 2 bridgehead atoms. The lowest BCUT2D eigenvalue weighted by molar-refractivity contribution is -0.338. The van der Waals surface area contributed by atoms with Gasteiger partial charge in [0.15, 0.2) is 11.9 Å². The van der Waals surface area contributed by atoms with Crippen LogP contribution >= 0.6 is 0 Å². The van der Waals surface area contributed by atoms with Gasteiger partial charge in [0, 0.05) is 106 Å². The zero-order valence-electron chi connectivity index (χ0n) is 73.2. The van der Waals surface area contributed by atoms with Gasteiger partial charge in [-0.25, -0.2) is 14.4 Å². The summed E-state index contributed by atoms with van der Waals surface area (Å²) in [4.78, 5) is 97.9. The number of phenols is 3. The normalized spacial score (nSPS) is 39.1. The van der Waals surface area contributed by atoms with E-state index in [1.807, 2.05) is 33.8 Å². The number of allylic oxidation sites excluding steroid dienone is 3. The van der Waals surface area contributed by atoms with E-state index in [4.69, 9.17) is 37.6 Å². The van der Waals surface area contributed by atoms with E-state index in [9.17, 15) is 105 Å². The van der Waals surface area contributed by atoms with E-state index in [1.54, 1.807) is 25.1 Å². The molecule has 4 unspecified atom stereocenters. The number of cyclic esters (lactones) is 1. The standard InChI is InChI=1S/C30H32O12.C22H32O7.C19H28O6.C15H20O3.C10H16O/c1-2-17-18-7-4-8-21(34)20(18)13-39-29(17)42-30-27(26(37)25(36)23(12-31)40-30)41-28(38)24-19(10-16(33)11-22(24)35)14-5-3-6-15(32)9-14;1-13-17(29-14(2)24)10-20(3)18(5-6-19(26)21(20,4)27)22(13,12-23)9-16(25)15-7-8-28-11-15;1-18-8-7-16(23)19(2,10-20)15(18)6-5-13(21)12(18)4-3-11-14(22)9-25-17(11)24;1-9-4-7-13(16)10(2)5-6-12-11(3)15(17)18-14(12)8-9;1-9(2)7-4-5-10(9,3)8(11)6-7/h2-3,5-6,9-11,13,17-18,23,25-27,29-33,35-37H,1,4,7-8,12H2;7-8,11-13,16-19,25-27H,5-6,9-10H2,1-4H3;3,12,14-16,20,22-23H,4-10H2,1-2H3;8,12-14,16H,2-7H2,1H3;7H,4-6H2,1-3H3/b;;11-3+;9-8+;/t17-,18+,23-,25-,26?,27?,29+,30+;13-,16-,17-,18+,19-,20-,21+,22-;12-,14-,15+,16-,18+,19+;12-,13+,14+;/m1110./s1. The molecule has 15 rings (SSSR count). The summed E-state index contributed by atoms with van der Waals surface area (Å²) in [7, 11) is 0. The summed E-state index contributed by atoms with van der Waals surface area (Å²) < 4.78 is 43.9. The lowest BCUT2D eigenvalue weighted by atomic mass is 9.42. The van der Waals surface area contributed by atoms with Crippen molar-refractivity contribution in [2.24, 2.45) is 79.8 Å². The number of benzene rings is 2. The van der Waals surface area contributed by atoms with E-state index in [1.165, 1.54) is 62.5 Å². The highest BCUT2D eigenvalue weighted by Gasteiger charge is 2.68. The van der Waals surface area contributed by atoms with Gasteiger partial charge in [0.05, 0.1) is 67.6 Å². The predicted octanol–water partition coefficient (Wildman–Crippen LogP) is 10.1. The maximum atomic E-state index is 13.5. The van der Waals surface area contributed by atoms with Gasteiger partial charge in [-0.2, -0.15) is 0 Å². The Bertz CT molecular complexity index is 4590. The van der Waals surface area contributed by atoms with Crippen molar-refractivity contribution in [3.63, 3.8) is 0 Å². The van der Waals surface area contributed by atoms with Gasteiger partial charge in [0.1, 0.15) is 83.9 Å². The molecule has 12 aliphatic rings. The number of aliphatic hydroxyl groups is 10. The highest BCUT2D eigenvalue weighted by molar-refractivity contribution is 6.01. The summed E-state index contributed by atoms with van der Waals surface area (Å²) in [5, 5.41) is 135. The summed E-state index contributed by atoms with van der Waals surface area (Å²) in [5.74, 6) is -3.93. The number of fused-ring (bicyclic) bond motifs is 6. The molecule has 3 saturated heterocycles. The van der Waals surface area contributed by atoms with Crippen LogP contribution < -0.4 is 0 Å². The van der Waals surface area contributed by atoms with E-state index in [2.05, 4.69) is 47.4 Å². The van der Waals surface area contributed by atoms with Gasteiger partial charge in [0.25, 0.3) is 0 Å². The summed E-state index contributed by atoms with van der Waals surface area (Å²) in [6.07, 6.45) is 8.58. The third kappa shape index (κ3) is 19.0. The molecular formula is C96H128O29. The smallest absolute Gasteiger partial charge is 0.343 e. The molecule has 1 aromatic heterocycles. The van der Waals surface area contributed by atoms with Crippen LogP contribution in [0.15, 0.2) is 132 Å². The van der Waals surface area contributed by atoms with Crippen molar-refractivity contribution in [3.05, 3.63) is 138 Å². The van der Waals surface area contributed by atoms with Gasteiger partial charge >= 0.3 is 23.9 Å². The Kier molecular flexibility index (Phi) is 30.1. The summed E-state index contributed by atoms with van der Waals surface area (Å²) >= 11 is 0. The molecule has 29 nitrogen and oxygen atoms in total. The SMILES string of the molecule is C=C1CC[C@H]2C(=C)C(=O)O[C@@H]2/C=C(\C)CC[C@H]1O.C=C[C@H]1[C@H](O[C@@H]2O[C@H](CO)[C@@H](O)C(O)C2OC(=O)c2c(O)cc(O)cc2-c2cccc(O)c2)OC=C2C(=O)CCC[C@H]21.CC(=O)O[C@@H]1C[C@]2(C)[C@H](CC[C@@H](O)[C@]2(C)O)[C@@](C=O)(C[C@@H](O)c2ccoc2)[C@@H]1C.CC12CCC(CC1=O)C2(C)C.C[C@]1(CO)[C@H]2CCC(=O)[C@@H](C/C=C3/C(=O)OC[C@H]3O)[C@]2(C)CC[C@H]1O. The van der Waals surface area contributed by atoms with E-state index >= 15 is 0 Å². The van der Waals surface area contributed by atoms with Crippen molar-refractivity contribution in [1.82, 2.24) is 0 Å². The first-order chi connectivity index (χ1) is 58.8. The molecular weight excluding hydrogens is 1620 g/mol. The molecule has 0 amide bonds. The number of carbonyl (C=O) groups excluding carboxylic acids is 8. The quantitative estimate of drug-likeness (QED) is 0.0221. The third-order valence-electron chi connectivity index (χ3n) is 31.2. The van der Waals surface area contributed by atoms with Gasteiger partial charge in [-0.15, -0.1) is 6.58 Å². The second-order valence-electron chi connectivity index (χ2n) is 38.3. The van der Waals surface area contributed by atoms with E-state index in [-0.39, 0.29) is 123 Å². The van der Waals surface area contributed by atoms with Crippen molar-refractivity contribution in [2.45, 2.75) is 277 Å². The molecule has 0 radical (unpaired) electrons. The Balaban J connectivity index is 0.000000161. The zero-order chi connectivity index (χ0) is 91.7. The Morgan fingerprint density at radius 2 is 1.50 bits per heavy atom. The topological polar surface area (TPSA) is 477 Å². The predicted molar refractivity (Wildman–Crippen MR) is 451 cm³/mol. The average Bonchev–Trinajstić information content (AvgIpc) is 1.38. The lowest BCUT2D eigenvalue weighted by Crippen LogP contribution is -2.68. The number of hydrogen-bond acceptors (Lipinski definition) is 29. The molecule has 4 aliphatic heterocycles. The molecule has 7 saturated carbocycles. The maximum Gasteiger partial charge on any atom is 0.343 e. The number of rotatable bonds is 15. The molecule has 27 atom stereocenters. The van der Waals surface area contributed by atoms with Crippen LogP contribution in [0.3, 0.4) is 0 Å². The molecule has 29 heteroatoms. The number of aromatic hydroxyl groups is 3. The summed E-state index contributed by atoms with van der Waals surface area (Å²) in [5.41, 5.74) is -0.336. The Labute approximate surface area is 729 Å². The van der Waals surface area contributed by atoms with Gasteiger partial charge < -0.3 is 109 Å². The first kappa shape index (κ1) is 97.1. The monoisotopic (exact) mass is 1740 g/mol. The molecule has 10 fully saturated rings. The number of esters is 4. The molecule has 686 valence electrons. The molecule has 125 heavy (non-hydrogen) atoms. The van der Waals surface area contributed by atoms with Gasteiger partial charge in [-0.3, -0.25) is 19.2 Å². The second-order valence-corrected chi connectivity index (χ2v) is 38.3. The number of furan rings is 1. The largest absolute Gasteiger partial charge is 0.508 e. The van der Waals surface area contributed by atoms with Crippen LogP contribution in [0.4, 0.5) is 0 Å². The van der Waals surface area contributed by atoms with E-state index < -0.39 is 137 Å². The molecule has 13 N–H and O–H groups in total. The van der Waals surface area contributed by atoms with Crippen molar-refractivity contribution in [2.75, 3.05) is 19.8 Å². The van der Waals surface area contributed by atoms with Crippen LogP contribution in [0.2, 0.25) is 0 Å². The van der Waals surface area contributed by atoms with Crippen LogP contribution in [-0.4, -0.2) is 213 Å². The number of phenolic OH excluding ortho intramolecular Hbond substituents is 3.